The fourth-order valence-electron chi connectivity index (χ4n) is 2.66. The first-order valence-corrected chi connectivity index (χ1v) is 9.83. The van der Waals surface area contributed by atoms with Crippen LogP contribution >= 0.6 is 9.24 Å². The number of hydrogen-bond donors (Lipinski definition) is 2. The fraction of sp³-hybridized carbons (Fsp3) is 0.318. The van der Waals surface area contributed by atoms with Crippen molar-refractivity contribution in [2.75, 3.05) is 5.32 Å². The van der Waals surface area contributed by atoms with Crippen LogP contribution in [0.3, 0.4) is 0 Å². The zero-order valence-electron chi connectivity index (χ0n) is 16.2. The lowest BCUT2D eigenvalue weighted by atomic mass is 10.1. The Morgan fingerprint density at radius 2 is 1.85 bits per heavy atom. The highest BCUT2D eigenvalue weighted by molar-refractivity contribution is 7.18. The summed E-state index contributed by atoms with van der Waals surface area (Å²) < 4.78 is 13.9. The monoisotopic (exact) mass is 385 g/mol. The molecule has 2 aromatic rings. The fourth-order valence-corrected chi connectivity index (χ4v) is 2.83. The normalized spacial score (nSPS) is 12.9. The van der Waals surface area contributed by atoms with Crippen LogP contribution in [0.15, 0.2) is 61.6 Å². The Hall–Kier alpha value is -2.19. The van der Waals surface area contributed by atoms with Gasteiger partial charge in [-0.15, -0.1) is 0 Å². The number of nitrogens with one attached hydrogen (secondary N) is 2. The Morgan fingerprint density at radius 3 is 2.41 bits per heavy atom. The smallest absolute Gasteiger partial charge is 0.162 e. The molecule has 144 valence electrons. The molecule has 0 aliphatic rings. The number of pyridine rings is 1. The maximum Gasteiger partial charge on any atom is 0.162 e. The Morgan fingerprint density at radius 1 is 1.15 bits per heavy atom. The molecule has 2 atom stereocenters. The summed E-state index contributed by atoms with van der Waals surface area (Å²) in [6, 6.07) is 11.8. The molecule has 0 fully saturated rings. The lowest BCUT2D eigenvalue weighted by Crippen LogP contribution is -2.17. The molecule has 0 aliphatic heterocycles. The second-order valence-corrected chi connectivity index (χ2v) is 7.95. The summed E-state index contributed by atoms with van der Waals surface area (Å²) in [4.78, 5) is 4.16. The van der Waals surface area contributed by atoms with Gasteiger partial charge in [-0.2, -0.15) is 0 Å². The van der Waals surface area contributed by atoms with Crippen LogP contribution in [-0.4, -0.2) is 4.98 Å². The maximum atomic E-state index is 13.9. The zero-order chi connectivity index (χ0) is 19.9. The first kappa shape index (κ1) is 21.1. The van der Waals surface area contributed by atoms with Crippen molar-refractivity contribution in [2.24, 2.45) is 0 Å². The molecule has 1 aromatic carbocycles. The molecule has 3 nitrogen and oxygen atoms in total. The molecule has 5 heteroatoms. The van der Waals surface area contributed by atoms with E-state index < -0.39 is 5.41 Å². The average molecular weight is 385 g/mol. The molecule has 27 heavy (non-hydrogen) atoms. The van der Waals surface area contributed by atoms with E-state index in [1.54, 1.807) is 18.3 Å². The summed E-state index contributed by atoms with van der Waals surface area (Å²) >= 11 is 0. The molecular weight excluding hydrogens is 356 g/mol. The lowest BCUT2D eigenvalue weighted by Gasteiger charge is -2.16. The molecule has 1 heterocycles. The van der Waals surface area contributed by atoms with E-state index in [4.69, 9.17) is 0 Å². The van der Waals surface area contributed by atoms with Gasteiger partial charge >= 0.3 is 0 Å². The number of aromatic nitrogens is 1. The number of alkyl halides is 1. The van der Waals surface area contributed by atoms with Gasteiger partial charge in [0.15, 0.2) is 5.41 Å². The summed E-state index contributed by atoms with van der Waals surface area (Å²) in [7, 11) is 2.14. The van der Waals surface area contributed by atoms with Crippen LogP contribution in [0, 0.1) is 0 Å². The summed E-state index contributed by atoms with van der Waals surface area (Å²) in [6.07, 6.45) is 6.44. The van der Waals surface area contributed by atoms with Gasteiger partial charge in [-0.05, 0) is 49.6 Å². The minimum atomic E-state index is -1.54. The molecule has 0 radical (unpaired) electrons. The van der Waals surface area contributed by atoms with Gasteiger partial charge in [0.1, 0.15) is 5.82 Å². The van der Waals surface area contributed by atoms with Gasteiger partial charge in [0.25, 0.3) is 0 Å². The van der Waals surface area contributed by atoms with E-state index in [1.165, 1.54) is 31.7 Å². The molecule has 2 unspecified atom stereocenters. The summed E-state index contributed by atoms with van der Waals surface area (Å²) in [5.74, 6) is 0.615. The Balaban J connectivity index is 1.88. The Bertz CT molecular complexity index is 762. The van der Waals surface area contributed by atoms with Crippen molar-refractivity contribution in [1.29, 1.82) is 0 Å². The molecule has 2 N–H and O–H groups in total. The molecule has 0 bridgehead atoms. The van der Waals surface area contributed by atoms with Gasteiger partial charge in [0.05, 0.1) is 5.69 Å². The van der Waals surface area contributed by atoms with Crippen molar-refractivity contribution >= 4 is 20.6 Å². The van der Waals surface area contributed by atoms with Crippen LogP contribution in [0.1, 0.15) is 49.9 Å². The number of rotatable bonds is 10. The highest BCUT2D eigenvalue weighted by Gasteiger charge is 2.20. The van der Waals surface area contributed by atoms with Crippen molar-refractivity contribution < 1.29 is 4.39 Å². The number of nitrogens with zero attached hydrogens (tertiary/aromatic N) is 1. The molecule has 2 rings (SSSR count). The van der Waals surface area contributed by atoms with E-state index in [0.29, 0.717) is 17.2 Å². The Kier molecular flexibility index (Phi) is 7.55. The standard InChI is InChI=1S/C22H29FN3P/c1-5-6-7-8-18-9-12-20(13-10-18)26-17(3)25-16(2)19-11-14-21(24-15-19)22(4,23)27/h9-15,25-26H,2-3,5-8,27H2,1,4H3. The first-order valence-electron chi connectivity index (χ1n) is 9.25. The quantitative estimate of drug-likeness (QED) is 0.390. The second-order valence-electron chi connectivity index (χ2n) is 6.87. The van der Waals surface area contributed by atoms with Crippen molar-refractivity contribution in [3.63, 3.8) is 0 Å². The number of aryl methyl sites for hydroxylation is 1. The van der Waals surface area contributed by atoms with Gasteiger partial charge in [0, 0.05) is 23.1 Å². The average Bonchev–Trinajstić information content (AvgIpc) is 2.62. The van der Waals surface area contributed by atoms with Crippen molar-refractivity contribution in [2.45, 2.75) is 44.9 Å². The van der Waals surface area contributed by atoms with Gasteiger partial charge in [-0.3, -0.25) is 4.98 Å². The molecule has 0 spiro atoms. The maximum absolute atomic E-state index is 13.9. The van der Waals surface area contributed by atoms with Gasteiger partial charge in [0.2, 0.25) is 0 Å². The van der Waals surface area contributed by atoms with Crippen molar-refractivity contribution in [3.8, 4) is 0 Å². The SMILES string of the molecule is C=C(NC(=C)c1ccc(C(C)(F)P)nc1)Nc1ccc(CCCCC)cc1. The van der Waals surface area contributed by atoms with Crippen molar-refractivity contribution in [3.05, 3.63) is 78.4 Å². The van der Waals surface area contributed by atoms with E-state index >= 15 is 0 Å². The van der Waals surface area contributed by atoms with E-state index in [9.17, 15) is 4.39 Å². The first-order chi connectivity index (χ1) is 12.8. The largest absolute Gasteiger partial charge is 0.342 e. The number of halogens is 1. The number of unbranched alkanes of at least 4 members (excludes halogenated alkanes) is 2. The van der Waals surface area contributed by atoms with Crippen molar-refractivity contribution in [1.82, 2.24) is 10.3 Å². The van der Waals surface area contributed by atoms with Crippen LogP contribution in [0.2, 0.25) is 0 Å². The molecule has 0 saturated heterocycles. The second kappa shape index (κ2) is 9.66. The molecule has 0 amide bonds. The van der Waals surface area contributed by atoms with Crippen LogP contribution in [0.4, 0.5) is 10.1 Å². The predicted molar refractivity (Wildman–Crippen MR) is 117 cm³/mol. The minimum Gasteiger partial charge on any atom is -0.342 e. The highest BCUT2D eigenvalue weighted by atomic mass is 31.0. The van der Waals surface area contributed by atoms with Gasteiger partial charge in [-0.25, -0.2) is 4.39 Å². The summed E-state index contributed by atoms with van der Waals surface area (Å²) in [5.41, 5.74) is 4.09. The van der Waals surface area contributed by atoms with Gasteiger partial charge < -0.3 is 10.6 Å². The number of hydrogen-bond acceptors (Lipinski definition) is 3. The Labute approximate surface area is 164 Å². The third kappa shape index (κ3) is 6.80. The summed E-state index contributed by atoms with van der Waals surface area (Å²) in [5, 5.41) is 4.80. The van der Waals surface area contributed by atoms with Gasteiger partial charge in [-0.1, -0.05) is 54.3 Å². The third-order valence-corrected chi connectivity index (χ3v) is 4.53. The van der Waals surface area contributed by atoms with E-state index in [2.05, 4.69) is 57.1 Å². The van der Waals surface area contributed by atoms with E-state index in [0.717, 1.165) is 17.7 Å². The number of benzene rings is 1. The molecule has 1 aromatic heterocycles. The third-order valence-electron chi connectivity index (χ3n) is 4.23. The lowest BCUT2D eigenvalue weighted by molar-refractivity contribution is 0.315. The number of anilines is 1. The van der Waals surface area contributed by atoms with Crippen LogP contribution in [0.5, 0.6) is 0 Å². The van der Waals surface area contributed by atoms with Crippen LogP contribution in [0.25, 0.3) is 5.70 Å². The predicted octanol–water partition coefficient (Wildman–Crippen LogP) is 5.98. The minimum absolute atomic E-state index is 0.361. The van der Waals surface area contributed by atoms with Crippen LogP contribution < -0.4 is 10.6 Å². The molecule has 0 aliphatic carbocycles. The zero-order valence-corrected chi connectivity index (χ0v) is 17.3. The topological polar surface area (TPSA) is 37.0 Å². The molecule has 0 saturated carbocycles. The van der Waals surface area contributed by atoms with E-state index in [1.807, 2.05) is 12.1 Å². The molecular formula is C22H29FN3P. The summed E-state index contributed by atoms with van der Waals surface area (Å²) in [6.45, 7) is 11.7. The van der Waals surface area contributed by atoms with Crippen LogP contribution in [-0.2, 0) is 11.8 Å². The highest BCUT2D eigenvalue weighted by Crippen LogP contribution is 2.31. The van der Waals surface area contributed by atoms with E-state index in [-0.39, 0.29) is 0 Å².